The van der Waals surface area contributed by atoms with Crippen molar-refractivity contribution in [3.05, 3.63) is 0 Å². The summed E-state index contributed by atoms with van der Waals surface area (Å²) < 4.78 is 0. The Balaban J connectivity index is 2.36. The van der Waals surface area contributed by atoms with Gasteiger partial charge < -0.3 is 10.8 Å². The highest BCUT2D eigenvalue weighted by atomic mass is 16.3. The molecule has 1 heterocycles. The quantitative estimate of drug-likeness (QED) is 0.516. The molecule has 0 aromatic carbocycles. The van der Waals surface area contributed by atoms with Gasteiger partial charge in [-0.2, -0.15) is 0 Å². The molecule has 0 radical (unpaired) electrons. The second kappa shape index (κ2) is 3.32. The molecule has 0 bridgehead atoms. The van der Waals surface area contributed by atoms with Crippen molar-refractivity contribution in [2.45, 2.75) is 24.9 Å². The van der Waals surface area contributed by atoms with Crippen molar-refractivity contribution in [3.8, 4) is 0 Å². The zero-order chi connectivity index (χ0) is 7.56. The van der Waals surface area contributed by atoms with Crippen molar-refractivity contribution in [2.24, 2.45) is 5.73 Å². The van der Waals surface area contributed by atoms with Crippen molar-refractivity contribution in [1.82, 2.24) is 4.90 Å². The molecular formula is C7H16N2O. The lowest BCUT2D eigenvalue weighted by molar-refractivity contribution is 0.104. The normalized spacial score (nSPS) is 36.3. The molecule has 3 N–H and O–H groups in total. The van der Waals surface area contributed by atoms with Crippen LogP contribution in [0.15, 0.2) is 0 Å². The summed E-state index contributed by atoms with van der Waals surface area (Å²) in [5, 5.41) is 8.87. The minimum Gasteiger partial charge on any atom is -0.395 e. The van der Waals surface area contributed by atoms with E-state index in [9.17, 15) is 0 Å². The molecule has 0 amide bonds. The van der Waals surface area contributed by atoms with E-state index in [2.05, 4.69) is 4.90 Å². The molecule has 0 aliphatic carbocycles. The fourth-order valence-electron chi connectivity index (χ4n) is 1.47. The molecule has 1 aliphatic rings. The molecule has 10 heavy (non-hydrogen) atoms. The van der Waals surface area contributed by atoms with Crippen LogP contribution in [0, 0.1) is 0 Å². The zero-order valence-electron chi connectivity index (χ0n) is 6.45. The van der Waals surface area contributed by atoms with E-state index in [0.29, 0.717) is 12.1 Å². The predicted molar refractivity (Wildman–Crippen MR) is 40.7 cm³/mol. The molecule has 0 aromatic rings. The van der Waals surface area contributed by atoms with E-state index >= 15 is 0 Å². The van der Waals surface area contributed by atoms with Crippen molar-refractivity contribution >= 4 is 0 Å². The van der Waals surface area contributed by atoms with Crippen molar-refractivity contribution in [1.29, 1.82) is 0 Å². The number of likely N-dealkylation sites (tertiary alicyclic amines) is 1. The first kappa shape index (κ1) is 7.98. The number of nitrogens with zero attached hydrogens (tertiary/aromatic N) is 1. The van der Waals surface area contributed by atoms with E-state index in [-0.39, 0.29) is 6.61 Å². The van der Waals surface area contributed by atoms with Crippen LogP contribution in [0.3, 0.4) is 0 Å². The third-order valence-electron chi connectivity index (χ3n) is 2.23. The Morgan fingerprint density at radius 3 is 2.80 bits per heavy atom. The van der Waals surface area contributed by atoms with Crippen LogP contribution in [0.1, 0.15) is 12.8 Å². The molecule has 0 aromatic heterocycles. The lowest BCUT2D eigenvalue weighted by atomic mass is 10.0. The van der Waals surface area contributed by atoms with Gasteiger partial charge in [-0.15, -0.1) is 0 Å². The second-order valence-electron chi connectivity index (χ2n) is 3.11. The van der Waals surface area contributed by atoms with Crippen LogP contribution in [0.25, 0.3) is 0 Å². The molecule has 3 nitrogen and oxygen atoms in total. The number of aliphatic hydroxyl groups excluding tert-OH is 1. The van der Waals surface area contributed by atoms with Crippen molar-refractivity contribution in [3.63, 3.8) is 0 Å². The minimum absolute atomic E-state index is 0.267. The van der Waals surface area contributed by atoms with Crippen LogP contribution in [-0.2, 0) is 0 Å². The van der Waals surface area contributed by atoms with Crippen LogP contribution in [0.2, 0.25) is 0 Å². The average molecular weight is 144 g/mol. The monoisotopic (exact) mass is 144 g/mol. The fourth-order valence-corrected chi connectivity index (χ4v) is 1.47. The molecule has 0 spiro atoms. The van der Waals surface area contributed by atoms with Crippen molar-refractivity contribution in [2.75, 3.05) is 20.2 Å². The summed E-state index contributed by atoms with van der Waals surface area (Å²) >= 11 is 0. The van der Waals surface area contributed by atoms with Gasteiger partial charge in [-0.1, -0.05) is 0 Å². The van der Waals surface area contributed by atoms with Gasteiger partial charge in [-0.25, -0.2) is 0 Å². The van der Waals surface area contributed by atoms with Gasteiger partial charge in [0.2, 0.25) is 0 Å². The first-order valence-electron chi connectivity index (χ1n) is 3.80. The molecule has 1 saturated heterocycles. The highest BCUT2D eigenvalue weighted by Crippen LogP contribution is 2.13. The van der Waals surface area contributed by atoms with Gasteiger partial charge >= 0.3 is 0 Å². The van der Waals surface area contributed by atoms with Crippen LogP contribution < -0.4 is 5.73 Å². The van der Waals surface area contributed by atoms with Crippen LogP contribution in [-0.4, -0.2) is 42.3 Å². The van der Waals surface area contributed by atoms with E-state index in [4.69, 9.17) is 10.8 Å². The van der Waals surface area contributed by atoms with Gasteiger partial charge in [0.25, 0.3) is 0 Å². The van der Waals surface area contributed by atoms with Gasteiger partial charge in [0.05, 0.1) is 6.61 Å². The predicted octanol–water partition coefficient (Wildman–Crippen LogP) is -0.600. The van der Waals surface area contributed by atoms with E-state index in [1.54, 1.807) is 0 Å². The summed E-state index contributed by atoms with van der Waals surface area (Å²) in [6.45, 7) is 1.19. The molecular weight excluding hydrogens is 128 g/mol. The first-order chi connectivity index (χ1) is 4.74. The molecule has 60 valence electrons. The number of likely N-dealkylation sites (N-methyl/N-ethyl adjacent to an activating group) is 1. The second-order valence-corrected chi connectivity index (χ2v) is 3.11. The van der Waals surface area contributed by atoms with E-state index in [1.165, 1.54) is 0 Å². The number of rotatable bonds is 1. The average Bonchev–Trinajstić information content (AvgIpc) is 1.88. The standard InChI is InChI=1S/C7H16N2O/c1-9-4-6(8)2-3-7(9)5-10/h6-7,10H,2-5,8H2,1H3/t6-,7?/m0/s1. The van der Waals surface area contributed by atoms with E-state index < -0.39 is 0 Å². The SMILES string of the molecule is CN1C[C@@H](N)CCC1CO. The molecule has 3 heteroatoms. The van der Waals surface area contributed by atoms with Gasteiger partial charge in [-0.05, 0) is 19.9 Å². The van der Waals surface area contributed by atoms with Gasteiger partial charge in [0.15, 0.2) is 0 Å². The summed E-state index contributed by atoms with van der Waals surface area (Å²) in [5.74, 6) is 0. The van der Waals surface area contributed by atoms with Gasteiger partial charge in [0.1, 0.15) is 0 Å². The van der Waals surface area contributed by atoms with E-state index in [1.807, 2.05) is 7.05 Å². The summed E-state index contributed by atoms with van der Waals surface area (Å²) in [4.78, 5) is 2.13. The summed E-state index contributed by atoms with van der Waals surface area (Å²) in [7, 11) is 2.01. The molecule has 1 fully saturated rings. The fraction of sp³-hybridized carbons (Fsp3) is 1.00. The van der Waals surface area contributed by atoms with Gasteiger partial charge in [-0.3, -0.25) is 4.90 Å². The number of piperidine rings is 1. The van der Waals surface area contributed by atoms with Gasteiger partial charge in [0, 0.05) is 18.6 Å². The maximum absolute atomic E-state index is 8.87. The Bertz CT molecular complexity index is 108. The summed E-state index contributed by atoms with van der Waals surface area (Å²) in [6.07, 6.45) is 2.09. The number of nitrogens with two attached hydrogens (primary N) is 1. The maximum atomic E-state index is 8.87. The lowest BCUT2D eigenvalue weighted by Crippen LogP contribution is -2.47. The summed E-state index contributed by atoms with van der Waals surface area (Å²) in [5.41, 5.74) is 5.72. The topological polar surface area (TPSA) is 49.5 Å². The zero-order valence-corrected chi connectivity index (χ0v) is 6.45. The number of aliphatic hydroxyl groups is 1. The van der Waals surface area contributed by atoms with E-state index in [0.717, 1.165) is 19.4 Å². The largest absolute Gasteiger partial charge is 0.395 e. The Kier molecular flexibility index (Phi) is 2.65. The van der Waals surface area contributed by atoms with Crippen molar-refractivity contribution < 1.29 is 5.11 Å². The molecule has 2 atom stereocenters. The number of hydrogen-bond donors (Lipinski definition) is 2. The lowest BCUT2D eigenvalue weighted by Gasteiger charge is -2.34. The Hall–Kier alpha value is -0.120. The maximum Gasteiger partial charge on any atom is 0.0586 e. The third-order valence-corrected chi connectivity index (χ3v) is 2.23. The van der Waals surface area contributed by atoms with Crippen LogP contribution in [0.4, 0.5) is 0 Å². The highest BCUT2D eigenvalue weighted by Gasteiger charge is 2.21. The molecule has 0 saturated carbocycles. The third kappa shape index (κ3) is 1.68. The molecule has 1 rings (SSSR count). The van der Waals surface area contributed by atoms with Crippen LogP contribution in [0.5, 0.6) is 0 Å². The highest BCUT2D eigenvalue weighted by molar-refractivity contribution is 4.80. The number of hydrogen-bond acceptors (Lipinski definition) is 3. The Morgan fingerprint density at radius 2 is 2.30 bits per heavy atom. The molecule has 1 unspecified atom stereocenters. The Labute approximate surface area is 61.8 Å². The molecule has 1 aliphatic heterocycles. The smallest absolute Gasteiger partial charge is 0.0586 e. The first-order valence-corrected chi connectivity index (χ1v) is 3.80. The summed E-state index contributed by atoms with van der Waals surface area (Å²) in [6, 6.07) is 0.660. The minimum atomic E-state index is 0.267. The van der Waals surface area contributed by atoms with Crippen LogP contribution >= 0.6 is 0 Å². The Morgan fingerprint density at radius 1 is 1.60 bits per heavy atom.